The Hall–Kier alpha value is -2.13. The molecule has 0 unspecified atom stereocenters. The molecule has 1 aromatic heterocycles. The number of nitrogen functional groups attached to an aromatic ring is 2. The summed E-state index contributed by atoms with van der Waals surface area (Å²) >= 11 is 1.21. The van der Waals surface area contributed by atoms with E-state index >= 15 is 0 Å². The van der Waals surface area contributed by atoms with Gasteiger partial charge < -0.3 is 5.84 Å². The van der Waals surface area contributed by atoms with Crippen molar-refractivity contribution in [2.75, 3.05) is 5.84 Å². The van der Waals surface area contributed by atoms with Crippen LogP contribution in [-0.2, 0) is 5.75 Å². The first-order chi connectivity index (χ1) is 9.11. The van der Waals surface area contributed by atoms with Gasteiger partial charge in [0.15, 0.2) is 0 Å². The first-order valence-corrected chi connectivity index (χ1v) is 6.17. The molecule has 0 atom stereocenters. The molecule has 0 saturated heterocycles. The van der Waals surface area contributed by atoms with Crippen LogP contribution in [0.4, 0.5) is 4.39 Å². The number of carbonyl (C=O) groups excluding carboxylic acids is 1. The molecule has 9 heteroatoms. The van der Waals surface area contributed by atoms with Crippen LogP contribution in [0, 0.1) is 5.82 Å². The molecule has 5 N–H and O–H groups in total. The van der Waals surface area contributed by atoms with Crippen molar-refractivity contribution in [2.45, 2.75) is 10.9 Å². The number of hydrogen-bond donors (Lipinski definition) is 3. The summed E-state index contributed by atoms with van der Waals surface area (Å²) in [6.07, 6.45) is 1.34. The number of nitrogens with two attached hydrogens (primary N) is 2. The summed E-state index contributed by atoms with van der Waals surface area (Å²) in [5.41, 5.74) is 2.63. The molecule has 0 spiro atoms. The highest BCUT2D eigenvalue weighted by atomic mass is 32.2. The van der Waals surface area contributed by atoms with E-state index in [-0.39, 0.29) is 11.3 Å². The standard InChI is InChI=1S/C10H11FN6OS/c11-8-2-1-6(9(18)15-12)3-7(8)4-19-10-16-14-5-17(10)13/h1-3,5H,4,12-13H2,(H,15,18). The summed E-state index contributed by atoms with van der Waals surface area (Å²) in [6.45, 7) is 0. The third kappa shape index (κ3) is 3.01. The van der Waals surface area contributed by atoms with E-state index in [4.69, 9.17) is 11.7 Å². The number of hydrogen-bond acceptors (Lipinski definition) is 6. The Balaban J connectivity index is 2.15. The van der Waals surface area contributed by atoms with E-state index in [9.17, 15) is 9.18 Å². The lowest BCUT2D eigenvalue weighted by molar-refractivity contribution is 0.0953. The van der Waals surface area contributed by atoms with E-state index in [1.165, 1.54) is 41.0 Å². The Bertz CT molecular complexity index is 601. The minimum atomic E-state index is -0.478. The lowest BCUT2D eigenvalue weighted by Crippen LogP contribution is -2.30. The predicted octanol–water partition coefficient (Wildman–Crippen LogP) is 0.0268. The van der Waals surface area contributed by atoms with Crippen LogP contribution < -0.4 is 17.1 Å². The first-order valence-electron chi connectivity index (χ1n) is 5.19. The van der Waals surface area contributed by atoms with Crippen LogP contribution in [0.25, 0.3) is 0 Å². The Morgan fingerprint density at radius 1 is 1.53 bits per heavy atom. The summed E-state index contributed by atoms with van der Waals surface area (Å²) in [5, 5.41) is 7.82. The molecule has 2 rings (SSSR count). The fraction of sp³-hybridized carbons (Fsp3) is 0.100. The monoisotopic (exact) mass is 282 g/mol. The molecule has 0 radical (unpaired) electrons. The van der Waals surface area contributed by atoms with Crippen molar-refractivity contribution in [1.82, 2.24) is 20.3 Å². The van der Waals surface area contributed by atoms with E-state index in [1.54, 1.807) is 0 Å². The van der Waals surface area contributed by atoms with Gasteiger partial charge in [-0.3, -0.25) is 10.2 Å². The molecule has 0 bridgehead atoms. The zero-order chi connectivity index (χ0) is 13.8. The normalized spacial score (nSPS) is 10.4. The molecule has 100 valence electrons. The predicted molar refractivity (Wildman–Crippen MR) is 67.8 cm³/mol. The van der Waals surface area contributed by atoms with Gasteiger partial charge in [0, 0.05) is 11.3 Å². The number of amides is 1. The molecule has 19 heavy (non-hydrogen) atoms. The lowest BCUT2D eigenvalue weighted by Gasteiger charge is -2.05. The van der Waals surface area contributed by atoms with Crippen LogP contribution in [0.5, 0.6) is 0 Å². The van der Waals surface area contributed by atoms with Gasteiger partial charge in [-0.05, 0) is 23.8 Å². The lowest BCUT2D eigenvalue weighted by atomic mass is 10.1. The van der Waals surface area contributed by atoms with Gasteiger partial charge in [-0.15, -0.1) is 10.2 Å². The second kappa shape index (κ2) is 5.67. The average Bonchev–Trinajstić information content (AvgIpc) is 2.82. The van der Waals surface area contributed by atoms with Crippen LogP contribution in [0.1, 0.15) is 15.9 Å². The van der Waals surface area contributed by atoms with Gasteiger partial charge in [-0.1, -0.05) is 11.8 Å². The number of thioether (sulfide) groups is 1. The summed E-state index contributed by atoms with van der Waals surface area (Å²) < 4.78 is 14.9. The van der Waals surface area contributed by atoms with E-state index in [0.29, 0.717) is 10.7 Å². The van der Waals surface area contributed by atoms with Crippen molar-refractivity contribution in [2.24, 2.45) is 5.84 Å². The van der Waals surface area contributed by atoms with Gasteiger partial charge in [0.2, 0.25) is 5.16 Å². The highest BCUT2D eigenvalue weighted by Gasteiger charge is 2.10. The summed E-state index contributed by atoms with van der Waals surface area (Å²) in [6, 6.07) is 4.01. The molecule has 0 aliphatic rings. The molecular weight excluding hydrogens is 271 g/mol. The van der Waals surface area contributed by atoms with Gasteiger partial charge in [0.25, 0.3) is 5.91 Å². The Labute approximate surface area is 112 Å². The second-order valence-electron chi connectivity index (χ2n) is 3.59. The number of nitrogens with one attached hydrogen (secondary N) is 1. The highest BCUT2D eigenvalue weighted by molar-refractivity contribution is 7.98. The Morgan fingerprint density at radius 3 is 2.95 bits per heavy atom. The number of halogens is 1. The average molecular weight is 282 g/mol. The van der Waals surface area contributed by atoms with Crippen LogP contribution in [0.15, 0.2) is 29.7 Å². The van der Waals surface area contributed by atoms with Crippen LogP contribution in [0.3, 0.4) is 0 Å². The van der Waals surface area contributed by atoms with Crippen molar-refractivity contribution in [3.8, 4) is 0 Å². The molecule has 1 aromatic carbocycles. The Morgan fingerprint density at radius 2 is 2.32 bits per heavy atom. The topological polar surface area (TPSA) is 112 Å². The zero-order valence-corrected chi connectivity index (χ0v) is 10.5. The van der Waals surface area contributed by atoms with Crippen LogP contribution >= 0.6 is 11.8 Å². The van der Waals surface area contributed by atoms with E-state index in [1.807, 2.05) is 5.43 Å². The second-order valence-corrected chi connectivity index (χ2v) is 4.53. The molecule has 2 aromatic rings. The van der Waals surface area contributed by atoms with Gasteiger partial charge >= 0.3 is 0 Å². The smallest absolute Gasteiger partial charge is 0.265 e. The maximum absolute atomic E-state index is 13.6. The molecule has 0 saturated carbocycles. The van der Waals surface area contributed by atoms with E-state index in [0.717, 1.165) is 0 Å². The van der Waals surface area contributed by atoms with Gasteiger partial charge in [-0.2, -0.15) is 0 Å². The van der Waals surface area contributed by atoms with Crippen LogP contribution in [0.2, 0.25) is 0 Å². The molecule has 1 heterocycles. The minimum absolute atomic E-state index is 0.271. The number of benzene rings is 1. The molecular formula is C10H11FN6OS. The summed E-state index contributed by atoms with van der Waals surface area (Å²) in [7, 11) is 0. The van der Waals surface area contributed by atoms with Gasteiger partial charge in [0.1, 0.15) is 12.1 Å². The van der Waals surface area contributed by atoms with E-state index in [2.05, 4.69) is 10.2 Å². The molecule has 0 fully saturated rings. The molecule has 0 aliphatic heterocycles. The zero-order valence-electron chi connectivity index (χ0n) is 9.71. The number of rotatable bonds is 4. The summed E-state index contributed by atoms with van der Waals surface area (Å²) in [5.74, 6) is 9.95. The third-order valence-electron chi connectivity index (χ3n) is 2.34. The molecule has 0 aliphatic carbocycles. The number of carbonyl (C=O) groups is 1. The van der Waals surface area contributed by atoms with Crippen molar-refractivity contribution < 1.29 is 9.18 Å². The number of nitrogens with zero attached hydrogens (tertiary/aromatic N) is 3. The maximum Gasteiger partial charge on any atom is 0.265 e. The number of hydrazine groups is 1. The highest BCUT2D eigenvalue weighted by Crippen LogP contribution is 2.22. The fourth-order valence-corrected chi connectivity index (χ4v) is 2.19. The largest absolute Gasteiger partial charge is 0.336 e. The van der Waals surface area contributed by atoms with Crippen LogP contribution in [-0.4, -0.2) is 20.8 Å². The number of aromatic nitrogens is 3. The third-order valence-corrected chi connectivity index (χ3v) is 3.34. The molecule has 7 nitrogen and oxygen atoms in total. The first kappa shape index (κ1) is 13.3. The van der Waals surface area contributed by atoms with Crippen molar-refractivity contribution in [1.29, 1.82) is 0 Å². The van der Waals surface area contributed by atoms with Crippen molar-refractivity contribution >= 4 is 17.7 Å². The van der Waals surface area contributed by atoms with Gasteiger partial charge in [-0.25, -0.2) is 14.9 Å². The maximum atomic E-state index is 13.6. The molecule has 1 amide bonds. The quantitative estimate of drug-likeness (QED) is 0.315. The Kier molecular flexibility index (Phi) is 3.97. The van der Waals surface area contributed by atoms with Crippen molar-refractivity contribution in [3.05, 3.63) is 41.5 Å². The fourth-order valence-electron chi connectivity index (χ4n) is 1.39. The van der Waals surface area contributed by atoms with Gasteiger partial charge in [0.05, 0.1) is 0 Å². The summed E-state index contributed by atoms with van der Waals surface area (Å²) in [4.78, 5) is 11.4. The van der Waals surface area contributed by atoms with E-state index < -0.39 is 11.7 Å². The minimum Gasteiger partial charge on any atom is -0.336 e. The van der Waals surface area contributed by atoms with Crippen molar-refractivity contribution in [3.63, 3.8) is 0 Å². The SMILES string of the molecule is NNC(=O)c1ccc(F)c(CSc2nncn2N)c1.